The molecule has 0 bridgehead atoms. The summed E-state index contributed by atoms with van der Waals surface area (Å²) < 4.78 is 48.1. The molecule has 1 aromatic rings. The first kappa shape index (κ1) is 23.0. The number of alkyl halides is 3. The van der Waals surface area contributed by atoms with Crippen molar-refractivity contribution in [1.82, 2.24) is 14.9 Å². The predicted octanol–water partition coefficient (Wildman–Crippen LogP) is -0.501. The van der Waals surface area contributed by atoms with Crippen LogP contribution in [0.5, 0.6) is 0 Å². The summed E-state index contributed by atoms with van der Waals surface area (Å²) in [5.41, 5.74) is 6.26. The van der Waals surface area contributed by atoms with Crippen LogP contribution in [0.2, 0.25) is 0 Å². The molecule has 162 valence electrons. The monoisotopic (exact) mass is 432 g/mol. The van der Waals surface area contributed by atoms with Gasteiger partial charge in [-0.2, -0.15) is 13.2 Å². The van der Waals surface area contributed by atoms with E-state index in [1.165, 1.54) is 5.32 Å². The van der Waals surface area contributed by atoms with Gasteiger partial charge in [0.1, 0.15) is 24.6 Å². The average molecular weight is 432 g/mol. The molecule has 3 N–H and O–H groups in total. The highest BCUT2D eigenvalue weighted by Gasteiger charge is 2.38. The van der Waals surface area contributed by atoms with E-state index < -0.39 is 54.9 Å². The summed E-state index contributed by atoms with van der Waals surface area (Å²) in [6.45, 7) is -1.46. The van der Waals surface area contributed by atoms with Gasteiger partial charge >= 0.3 is 17.8 Å². The Morgan fingerprint density at radius 1 is 1.53 bits per heavy atom. The minimum absolute atomic E-state index is 0.0621. The molecule has 30 heavy (non-hydrogen) atoms. The SMILES string of the molecule is [N-]=[N+]=NCOC1C[C@H](n2cc(C#CCNC(=O)C(F)(F)F)c(=O)[nH]c2=O)O[C@@H]1CO. The fourth-order valence-electron chi connectivity index (χ4n) is 2.52. The highest BCUT2D eigenvalue weighted by Crippen LogP contribution is 2.29. The van der Waals surface area contributed by atoms with Gasteiger partial charge in [0.25, 0.3) is 5.56 Å². The third-order valence-electron chi connectivity index (χ3n) is 3.87. The first-order valence-corrected chi connectivity index (χ1v) is 8.25. The molecule has 1 saturated heterocycles. The second-order valence-corrected chi connectivity index (χ2v) is 5.80. The van der Waals surface area contributed by atoms with Gasteiger partial charge in [-0.3, -0.25) is 19.1 Å². The third-order valence-corrected chi connectivity index (χ3v) is 3.87. The molecule has 12 nitrogen and oxygen atoms in total. The molecule has 1 aliphatic rings. The van der Waals surface area contributed by atoms with Gasteiger partial charge < -0.3 is 19.9 Å². The Bertz CT molecular complexity index is 1000. The molecule has 2 rings (SSSR count). The Kier molecular flexibility index (Phi) is 7.61. The standard InChI is InChI=1S/C15H15F3N6O6/c16-15(17,18)13(27)20-3-1-2-8-5-24(14(28)22-12(8)26)11-4-9(10(6-25)30-11)29-7-21-23-19/h5,9-11,25H,3-4,6-7H2,(H,20,27)(H,22,26,28)/t9?,10-,11-/m1/s1. The van der Waals surface area contributed by atoms with Crippen LogP contribution in [0.3, 0.4) is 0 Å². The molecular weight excluding hydrogens is 417 g/mol. The summed E-state index contributed by atoms with van der Waals surface area (Å²) in [5.74, 6) is 2.26. The zero-order valence-electron chi connectivity index (χ0n) is 15.0. The molecule has 1 amide bonds. The zero-order valence-corrected chi connectivity index (χ0v) is 15.0. The van der Waals surface area contributed by atoms with Gasteiger partial charge in [0, 0.05) is 17.5 Å². The van der Waals surface area contributed by atoms with E-state index in [0.29, 0.717) is 0 Å². The quantitative estimate of drug-likeness (QED) is 0.237. The van der Waals surface area contributed by atoms with Gasteiger partial charge in [0.05, 0.1) is 19.3 Å². The molecule has 0 aliphatic carbocycles. The summed E-state index contributed by atoms with van der Waals surface area (Å²) in [4.78, 5) is 39.2. The predicted molar refractivity (Wildman–Crippen MR) is 91.8 cm³/mol. The van der Waals surface area contributed by atoms with Crippen LogP contribution in [0.15, 0.2) is 20.9 Å². The Morgan fingerprint density at radius 2 is 2.27 bits per heavy atom. The third kappa shape index (κ3) is 5.84. The minimum atomic E-state index is -5.06. The summed E-state index contributed by atoms with van der Waals surface area (Å²) >= 11 is 0. The van der Waals surface area contributed by atoms with Crippen LogP contribution in [0.4, 0.5) is 13.2 Å². The molecule has 3 atom stereocenters. The molecule has 15 heteroatoms. The Balaban J connectivity index is 2.16. The Labute approximate surface area is 165 Å². The topological polar surface area (TPSA) is 171 Å². The fourth-order valence-corrected chi connectivity index (χ4v) is 2.52. The number of rotatable bonds is 6. The smallest absolute Gasteiger partial charge is 0.394 e. The van der Waals surface area contributed by atoms with Crippen LogP contribution in [0, 0.1) is 11.8 Å². The van der Waals surface area contributed by atoms with Crippen molar-refractivity contribution >= 4 is 5.91 Å². The second-order valence-electron chi connectivity index (χ2n) is 5.80. The number of nitrogens with one attached hydrogen (secondary N) is 2. The largest absolute Gasteiger partial charge is 0.471 e. The second kappa shape index (κ2) is 9.94. The minimum Gasteiger partial charge on any atom is -0.394 e. The van der Waals surface area contributed by atoms with Gasteiger partial charge in [0.2, 0.25) is 0 Å². The van der Waals surface area contributed by atoms with Gasteiger partial charge in [-0.1, -0.05) is 17.0 Å². The summed E-state index contributed by atoms with van der Waals surface area (Å²) in [6, 6.07) is 0. The Morgan fingerprint density at radius 3 is 2.90 bits per heavy atom. The van der Waals surface area contributed by atoms with Crippen molar-refractivity contribution in [2.24, 2.45) is 5.11 Å². The lowest BCUT2D eigenvalue weighted by Crippen LogP contribution is -2.37. The maximum Gasteiger partial charge on any atom is 0.471 e. The number of nitrogens with zero attached hydrogens (tertiary/aromatic N) is 4. The molecule has 1 aliphatic heterocycles. The number of aliphatic hydroxyl groups is 1. The summed E-state index contributed by atoms with van der Waals surface area (Å²) in [6.07, 6.45) is -6.48. The van der Waals surface area contributed by atoms with Crippen LogP contribution in [0.25, 0.3) is 10.4 Å². The number of aliphatic hydroxyl groups excluding tert-OH is 1. The maximum absolute atomic E-state index is 12.1. The zero-order chi connectivity index (χ0) is 22.3. The number of azide groups is 1. The molecule has 0 radical (unpaired) electrons. The molecular formula is C15H15F3N6O6. The van der Waals surface area contributed by atoms with E-state index in [0.717, 1.165) is 10.8 Å². The number of carbonyl (C=O) groups excluding carboxylic acids is 1. The van der Waals surface area contributed by atoms with Crippen molar-refractivity contribution < 1.29 is 32.5 Å². The van der Waals surface area contributed by atoms with Crippen LogP contribution in [0.1, 0.15) is 18.2 Å². The lowest BCUT2D eigenvalue weighted by atomic mass is 10.2. The van der Waals surface area contributed by atoms with Crippen molar-refractivity contribution in [1.29, 1.82) is 0 Å². The van der Waals surface area contributed by atoms with E-state index in [9.17, 15) is 32.7 Å². The van der Waals surface area contributed by atoms with E-state index in [1.54, 1.807) is 0 Å². The normalized spacial score (nSPS) is 20.7. The van der Waals surface area contributed by atoms with E-state index >= 15 is 0 Å². The molecule has 1 aromatic heterocycles. The number of hydrogen-bond acceptors (Lipinski definition) is 7. The Hall–Kier alpha value is -3.31. The van der Waals surface area contributed by atoms with Crippen molar-refractivity contribution in [2.75, 3.05) is 19.9 Å². The lowest BCUT2D eigenvalue weighted by molar-refractivity contribution is -0.173. The van der Waals surface area contributed by atoms with Crippen molar-refractivity contribution in [3.8, 4) is 11.8 Å². The molecule has 1 unspecified atom stereocenters. The highest BCUT2D eigenvalue weighted by molar-refractivity contribution is 5.81. The first-order chi connectivity index (χ1) is 14.2. The molecule has 1 fully saturated rings. The van der Waals surface area contributed by atoms with Gasteiger partial charge in [-0.15, -0.1) is 0 Å². The van der Waals surface area contributed by atoms with Gasteiger partial charge in [-0.25, -0.2) is 4.79 Å². The van der Waals surface area contributed by atoms with Crippen molar-refractivity contribution in [3.05, 3.63) is 43.0 Å². The van der Waals surface area contributed by atoms with Crippen molar-refractivity contribution in [3.63, 3.8) is 0 Å². The maximum atomic E-state index is 12.1. The van der Waals surface area contributed by atoms with Gasteiger partial charge in [0.15, 0.2) is 0 Å². The number of aromatic nitrogens is 2. The lowest BCUT2D eigenvalue weighted by Gasteiger charge is -2.15. The van der Waals surface area contributed by atoms with E-state index in [-0.39, 0.29) is 18.7 Å². The van der Waals surface area contributed by atoms with Crippen LogP contribution in [-0.2, 0) is 14.3 Å². The highest BCUT2D eigenvalue weighted by atomic mass is 19.4. The average Bonchev–Trinajstić information content (AvgIpc) is 3.08. The number of halogens is 3. The van der Waals surface area contributed by atoms with E-state index in [4.69, 9.17) is 15.0 Å². The van der Waals surface area contributed by atoms with Gasteiger partial charge in [-0.05, 0) is 5.53 Å². The van der Waals surface area contributed by atoms with Crippen LogP contribution in [-0.4, -0.2) is 58.8 Å². The van der Waals surface area contributed by atoms with Crippen LogP contribution >= 0.6 is 0 Å². The number of H-pyrrole nitrogens is 1. The first-order valence-electron chi connectivity index (χ1n) is 8.25. The van der Waals surface area contributed by atoms with E-state index in [2.05, 4.69) is 21.9 Å². The molecule has 2 heterocycles. The van der Waals surface area contributed by atoms with Crippen molar-refractivity contribution in [2.45, 2.75) is 31.0 Å². The molecule has 0 aromatic carbocycles. The summed E-state index contributed by atoms with van der Waals surface area (Å²) in [5, 5.41) is 14.1. The number of ether oxygens (including phenoxy) is 2. The number of aromatic amines is 1. The number of carbonyl (C=O) groups is 1. The van der Waals surface area contributed by atoms with Crippen LogP contribution < -0.4 is 16.6 Å². The number of hydrogen-bond donors (Lipinski definition) is 3. The molecule has 0 saturated carbocycles. The van der Waals surface area contributed by atoms with E-state index in [1.807, 2.05) is 4.98 Å². The summed E-state index contributed by atoms with van der Waals surface area (Å²) in [7, 11) is 0. The molecule has 0 spiro atoms. The fraction of sp³-hybridized carbons (Fsp3) is 0.533. The number of amides is 1.